The molecule has 0 radical (unpaired) electrons. The molecule has 1 aromatic heterocycles. The molecular weight excluding hydrogens is 490 g/mol. The maximum Gasteiger partial charge on any atom is 0.309 e. The average Bonchev–Trinajstić information content (AvgIpc) is 3.54. The first kappa shape index (κ1) is 30.3. The number of aliphatic hydroxyl groups excluding tert-OH is 2. The highest BCUT2D eigenvalue weighted by Crippen LogP contribution is 2.52. The first-order valence-electron chi connectivity index (χ1n) is 15.9. The predicted molar refractivity (Wildman–Crippen MR) is 154 cm³/mol. The summed E-state index contributed by atoms with van der Waals surface area (Å²) in [5.41, 5.74) is 0.495. The molecule has 0 unspecified atom stereocenters. The molecule has 0 bridgehead atoms. The molecule has 2 saturated carbocycles. The van der Waals surface area contributed by atoms with Crippen LogP contribution in [0.3, 0.4) is 0 Å². The van der Waals surface area contributed by atoms with Crippen molar-refractivity contribution >= 4 is 5.97 Å². The molecule has 39 heavy (non-hydrogen) atoms. The summed E-state index contributed by atoms with van der Waals surface area (Å²) in [7, 11) is 0. The standard InChI is InChI=1S/C33H53NO5/c1-2-3-5-8-23-11-12-25(30(35)20-23)9-6-4-7-10-28(32(37)38)31(36)27-13-14-29-26(15-17-33(29,39)21-27)19-24-16-18-34-22-24/h11-12,16,18,22-23,25-31,34-36,39H,2-10,13-15,17,19-21H2,1H3,(H,37,38)/t23-,25-,26+,27-,28+,29+,30-,31-,33+/m1/s1. The minimum absolute atomic E-state index is 0.161. The Morgan fingerprint density at radius 3 is 2.64 bits per heavy atom. The molecule has 6 nitrogen and oxygen atoms in total. The summed E-state index contributed by atoms with van der Waals surface area (Å²) in [5.74, 6) is -0.478. The van der Waals surface area contributed by atoms with Gasteiger partial charge in [-0.2, -0.15) is 0 Å². The van der Waals surface area contributed by atoms with Gasteiger partial charge in [-0.15, -0.1) is 0 Å². The molecule has 0 spiro atoms. The first-order valence-corrected chi connectivity index (χ1v) is 15.9. The van der Waals surface area contributed by atoms with Gasteiger partial charge in [-0.1, -0.05) is 57.6 Å². The van der Waals surface area contributed by atoms with Crippen LogP contribution >= 0.6 is 0 Å². The predicted octanol–water partition coefficient (Wildman–Crippen LogP) is 6.26. The Kier molecular flexibility index (Phi) is 11.1. The van der Waals surface area contributed by atoms with Crippen molar-refractivity contribution in [3.63, 3.8) is 0 Å². The second-order valence-corrected chi connectivity index (χ2v) is 13.2. The van der Waals surface area contributed by atoms with Gasteiger partial charge in [-0.05, 0) is 99.5 Å². The Bertz CT molecular complexity index is 900. The van der Waals surface area contributed by atoms with Crippen LogP contribution in [0.4, 0.5) is 0 Å². The number of hydrogen-bond acceptors (Lipinski definition) is 4. The zero-order chi connectivity index (χ0) is 27.8. The van der Waals surface area contributed by atoms with Crippen LogP contribution in [0.5, 0.6) is 0 Å². The quantitative estimate of drug-likeness (QED) is 0.132. The van der Waals surface area contributed by atoms with Crippen molar-refractivity contribution in [2.45, 2.75) is 127 Å². The third kappa shape index (κ3) is 7.98. The summed E-state index contributed by atoms with van der Waals surface area (Å²) in [6, 6.07) is 2.10. The van der Waals surface area contributed by atoms with E-state index in [0.29, 0.717) is 24.7 Å². The number of nitrogens with one attached hydrogen (secondary N) is 1. The zero-order valence-corrected chi connectivity index (χ0v) is 24.0. The van der Waals surface area contributed by atoms with Crippen molar-refractivity contribution < 1.29 is 25.2 Å². The molecule has 0 saturated heterocycles. The van der Waals surface area contributed by atoms with Crippen LogP contribution in [-0.4, -0.2) is 49.2 Å². The van der Waals surface area contributed by atoms with Crippen LogP contribution in [0.25, 0.3) is 0 Å². The van der Waals surface area contributed by atoms with Gasteiger partial charge in [0.15, 0.2) is 0 Å². The van der Waals surface area contributed by atoms with Gasteiger partial charge < -0.3 is 25.4 Å². The van der Waals surface area contributed by atoms with Gasteiger partial charge in [0.2, 0.25) is 0 Å². The average molecular weight is 544 g/mol. The lowest BCUT2D eigenvalue weighted by Crippen LogP contribution is -2.46. The summed E-state index contributed by atoms with van der Waals surface area (Å²) in [4.78, 5) is 15.2. The van der Waals surface area contributed by atoms with Gasteiger partial charge in [0, 0.05) is 18.3 Å². The van der Waals surface area contributed by atoms with Crippen molar-refractivity contribution in [1.29, 1.82) is 0 Å². The Hall–Kier alpha value is -1.63. The Morgan fingerprint density at radius 2 is 1.92 bits per heavy atom. The number of rotatable bonds is 15. The number of aliphatic hydroxyl groups is 3. The highest BCUT2D eigenvalue weighted by atomic mass is 16.4. The number of aromatic nitrogens is 1. The molecule has 2 fully saturated rings. The molecule has 5 N–H and O–H groups in total. The minimum Gasteiger partial charge on any atom is -0.481 e. The Morgan fingerprint density at radius 1 is 1.10 bits per heavy atom. The van der Waals surface area contributed by atoms with E-state index in [4.69, 9.17) is 0 Å². The number of H-pyrrole nitrogens is 1. The second kappa shape index (κ2) is 14.3. The van der Waals surface area contributed by atoms with Crippen LogP contribution in [0.1, 0.15) is 109 Å². The summed E-state index contributed by atoms with van der Waals surface area (Å²) in [5, 5.41) is 43.2. The third-order valence-electron chi connectivity index (χ3n) is 10.4. The zero-order valence-electron chi connectivity index (χ0n) is 24.0. The topological polar surface area (TPSA) is 114 Å². The number of unbranched alkanes of at least 4 members (excludes halogenated alkanes) is 4. The maximum absolute atomic E-state index is 12.1. The molecule has 0 aromatic carbocycles. The van der Waals surface area contributed by atoms with E-state index < -0.39 is 23.6 Å². The van der Waals surface area contributed by atoms with E-state index in [9.17, 15) is 25.2 Å². The summed E-state index contributed by atoms with van der Waals surface area (Å²) >= 11 is 0. The fourth-order valence-electron chi connectivity index (χ4n) is 8.13. The number of aliphatic carboxylic acids is 1. The molecule has 3 aliphatic carbocycles. The van der Waals surface area contributed by atoms with Crippen molar-refractivity contribution in [2.75, 3.05) is 0 Å². The lowest BCUT2D eigenvalue weighted by Gasteiger charge is -2.43. The number of carbonyl (C=O) groups is 1. The van der Waals surface area contributed by atoms with Crippen LogP contribution in [-0.2, 0) is 11.2 Å². The van der Waals surface area contributed by atoms with Gasteiger partial charge in [-0.25, -0.2) is 0 Å². The van der Waals surface area contributed by atoms with Gasteiger partial charge in [0.1, 0.15) is 0 Å². The molecule has 6 heteroatoms. The number of carboxylic acid groups (broad SMARTS) is 1. The lowest BCUT2D eigenvalue weighted by atomic mass is 9.66. The fraction of sp³-hybridized carbons (Fsp3) is 0.788. The van der Waals surface area contributed by atoms with Crippen molar-refractivity contribution in [2.24, 2.45) is 35.5 Å². The van der Waals surface area contributed by atoms with Gasteiger partial charge in [0.25, 0.3) is 0 Å². The number of allylic oxidation sites excluding steroid dienone is 1. The largest absolute Gasteiger partial charge is 0.481 e. The molecule has 220 valence electrons. The van der Waals surface area contributed by atoms with E-state index in [1.54, 1.807) is 0 Å². The Labute approximate surface area is 235 Å². The van der Waals surface area contributed by atoms with Crippen LogP contribution < -0.4 is 0 Å². The molecule has 4 rings (SSSR count). The number of hydrogen-bond donors (Lipinski definition) is 5. The number of carboxylic acids is 1. The molecule has 9 atom stereocenters. The normalized spacial score (nSPS) is 34.1. The molecule has 1 heterocycles. The van der Waals surface area contributed by atoms with Crippen LogP contribution in [0.2, 0.25) is 0 Å². The van der Waals surface area contributed by atoms with Crippen molar-refractivity contribution in [3.8, 4) is 0 Å². The summed E-state index contributed by atoms with van der Waals surface area (Å²) < 4.78 is 0. The Balaban J connectivity index is 1.19. The van der Waals surface area contributed by atoms with E-state index in [1.165, 1.54) is 31.2 Å². The maximum atomic E-state index is 12.1. The van der Waals surface area contributed by atoms with E-state index >= 15 is 0 Å². The van der Waals surface area contributed by atoms with Crippen LogP contribution in [0.15, 0.2) is 30.6 Å². The highest BCUT2D eigenvalue weighted by Gasteiger charge is 2.52. The minimum atomic E-state index is -0.923. The van der Waals surface area contributed by atoms with Crippen molar-refractivity contribution in [3.05, 3.63) is 36.2 Å². The second-order valence-electron chi connectivity index (χ2n) is 13.2. The first-order chi connectivity index (χ1) is 18.8. The molecule has 3 aliphatic rings. The number of aromatic amines is 1. The molecule has 0 aliphatic heterocycles. The highest BCUT2D eigenvalue weighted by molar-refractivity contribution is 5.70. The van der Waals surface area contributed by atoms with E-state index in [0.717, 1.165) is 64.2 Å². The summed E-state index contributed by atoms with van der Waals surface area (Å²) in [6.45, 7) is 2.22. The number of fused-ring (bicyclic) bond motifs is 1. The van der Waals surface area contributed by atoms with E-state index in [-0.39, 0.29) is 23.9 Å². The van der Waals surface area contributed by atoms with Crippen LogP contribution in [0, 0.1) is 35.5 Å². The monoisotopic (exact) mass is 543 g/mol. The van der Waals surface area contributed by atoms with Crippen molar-refractivity contribution in [1.82, 2.24) is 4.98 Å². The lowest BCUT2D eigenvalue weighted by molar-refractivity contribution is -0.151. The van der Waals surface area contributed by atoms with E-state index in [2.05, 4.69) is 30.1 Å². The molecule has 0 amide bonds. The fourth-order valence-corrected chi connectivity index (χ4v) is 8.13. The van der Waals surface area contributed by atoms with E-state index in [1.807, 2.05) is 12.4 Å². The molecule has 1 aromatic rings. The van der Waals surface area contributed by atoms with Gasteiger partial charge in [-0.3, -0.25) is 4.79 Å². The van der Waals surface area contributed by atoms with Gasteiger partial charge in [0.05, 0.1) is 23.7 Å². The van der Waals surface area contributed by atoms with Gasteiger partial charge >= 0.3 is 5.97 Å². The molecular formula is C33H53NO5. The smallest absolute Gasteiger partial charge is 0.309 e. The summed E-state index contributed by atoms with van der Waals surface area (Å²) in [6.07, 6.45) is 21.9. The SMILES string of the molecule is CCCCC[C@@H]1C=C[C@@H](CCCCC[C@H](C(=O)O)[C@H](O)[C@@H]2CC[C@H]3[C@H](Cc4cc[nH]c4)CC[C@]3(O)C2)[C@H](O)C1. The third-order valence-corrected chi connectivity index (χ3v) is 10.4.